The zero-order valence-corrected chi connectivity index (χ0v) is 17.7. The second kappa shape index (κ2) is 8.84. The first-order valence-electron chi connectivity index (χ1n) is 9.61. The number of anilines is 1. The molecule has 0 aromatic heterocycles. The van der Waals surface area contributed by atoms with Gasteiger partial charge in [0.25, 0.3) is 5.91 Å². The van der Waals surface area contributed by atoms with Crippen LogP contribution >= 0.6 is 0 Å². The standard InChI is InChI=1S/C21H27N3O4S/c1-15(2)23-29(26,27)20-13-16(9-10-19(20)28-3)21(25)24-12-11-18(14-24)22-17-7-5-4-6-8-17/h4-10,13,15,18,22-23H,11-12,14H2,1-3H3. The summed E-state index contributed by atoms with van der Waals surface area (Å²) in [5.74, 6) is 0.0192. The molecule has 7 nitrogen and oxygen atoms in total. The minimum Gasteiger partial charge on any atom is -0.495 e. The fourth-order valence-electron chi connectivity index (χ4n) is 3.41. The van der Waals surface area contributed by atoms with Gasteiger partial charge in [-0.05, 0) is 50.6 Å². The number of hydrogen-bond donors (Lipinski definition) is 2. The summed E-state index contributed by atoms with van der Waals surface area (Å²) < 4.78 is 33.0. The van der Waals surface area contributed by atoms with Gasteiger partial charge < -0.3 is 15.0 Å². The highest BCUT2D eigenvalue weighted by molar-refractivity contribution is 7.89. The molecule has 1 heterocycles. The van der Waals surface area contributed by atoms with Crippen molar-refractivity contribution in [3.8, 4) is 5.75 Å². The summed E-state index contributed by atoms with van der Waals surface area (Å²) in [4.78, 5) is 14.7. The lowest BCUT2D eigenvalue weighted by atomic mass is 10.2. The molecule has 1 aliphatic heterocycles. The van der Waals surface area contributed by atoms with Crippen LogP contribution in [0.1, 0.15) is 30.6 Å². The number of hydrogen-bond acceptors (Lipinski definition) is 5. The summed E-state index contributed by atoms with van der Waals surface area (Å²) >= 11 is 0. The summed E-state index contributed by atoms with van der Waals surface area (Å²) in [6.45, 7) is 4.65. The van der Waals surface area contributed by atoms with Gasteiger partial charge in [0.15, 0.2) is 0 Å². The molecule has 3 rings (SSSR count). The molecule has 0 saturated carbocycles. The van der Waals surface area contributed by atoms with E-state index >= 15 is 0 Å². The van der Waals surface area contributed by atoms with Crippen molar-refractivity contribution in [2.45, 2.75) is 37.2 Å². The molecule has 1 aliphatic rings. The van der Waals surface area contributed by atoms with Crippen molar-refractivity contribution in [3.63, 3.8) is 0 Å². The molecular formula is C21H27N3O4S. The third-order valence-electron chi connectivity index (χ3n) is 4.71. The van der Waals surface area contributed by atoms with E-state index in [1.807, 2.05) is 30.3 Å². The lowest BCUT2D eigenvalue weighted by Crippen LogP contribution is -2.32. The molecule has 1 fully saturated rings. The Kier molecular flexibility index (Phi) is 6.44. The first kappa shape index (κ1) is 21.1. The number of likely N-dealkylation sites (tertiary alicyclic amines) is 1. The van der Waals surface area contributed by atoms with Crippen LogP contribution in [0.3, 0.4) is 0 Å². The number of benzene rings is 2. The van der Waals surface area contributed by atoms with E-state index in [1.165, 1.54) is 19.2 Å². The molecule has 2 N–H and O–H groups in total. The summed E-state index contributed by atoms with van der Waals surface area (Å²) in [5, 5.41) is 3.43. The number of sulfonamides is 1. The summed E-state index contributed by atoms with van der Waals surface area (Å²) in [7, 11) is -2.38. The molecule has 29 heavy (non-hydrogen) atoms. The summed E-state index contributed by atoms with van der Waals surface area (Å²) in [6, 6.07) is 14.3. The van der Waals surface area contributed by atoms with E-state index in [2.05, 4.69) is 10.0 Å². The molecule has 2 aromatic rings. The second-order valence-electron chi connectivity index (χ2n) is 7.39. The molecule has 2 aromatic carbocycles. The van der Waals surface area contributed by atoms with Gasteiger partial charge in [-0.25, -0.2) is 13.1 Å². The van der Waals surface area contributed by atoms with Gasteiger partial charge in [-0.15, -0.1) is 0 Å². The van der Waals surface area contributed by atoms with E-state index in [-0.39, 0.29) is 28.6 Å². The zero-order chi connectivity index (χ0) is 21.0. The van der Waals surface area contributed by atoms with E-state index < -0.39 is 10.0 Å². The fourth-order valence-corrected chi connectivity index (χ4v) is 4.85. The Morgan fingerprint density at radius 3 is 2.55 bits per heavy atom. The number of rotatable bonds is 7. The number of para-hydroxylation sites is 1. The highest BCUT2D eigenvalue weighted by atomic mass is 32.2. The Balaban J connectivity index is 1.77. The first-order chi connectivity index (χ1) is 13.8. The van der Waals surface area contributed by atoms with Crippen molar-refractivity contribution in [1.29, 1.82) is 0 Å². The smallest absolute Gasteiger partial charge is 0.253 e. The number of methoxy groups -OCH3 is 1. The van der Waals surface area contributed by atoms with Gasteiger partial charge in [0, 0.05) is 36.4 Å². The van der Waals surface area contributed by atoms with Crippen molar-refractivity contribution in [2.75, 3.05) is 25.5 Å². The monoisotopic (exact) mass is 417 g/mol. The topological polar surface area (TPSA) is 87.7 Å². The van der Waals surface area contributed by atoms with Gasteiger partial charge in [-0.3, -0.25) is 4.79 Å². The van der Waals surface area contributed by atoms with E-state index in [4.69, 9.17) is 4.74 Å². The number of nitrogens with one attached hydrogen (secondary N) is 2. The summed E-state index contributed by atoms with van der Waals surface area (Å²) in [6.07, 6.45) is 0.830. The lowest BCUT2D eigenvalue weighted by molar-refractivity contribution is 0.0791. The van der Waals surface area contributed by atoms with Crippen LogP contribution in [-0.2, 0) is 10.0 Å². The predicted molar refractivity (Wildman–Crippen MR) is 113 cm³/mol. The fraction of sp³-hybridized carbons (Fsp3) is 0.381. The van der Waals surface area contributed by atoms with Crippen LogP contribution < -0.4 is 14.8 Å². The van der Waals surface area contributed by atoms with E-state index in [9.17, 15) is 13.2 Å². The van der Waals surface area contributed by atoms with Crippen molar-refractivity contribution in [3.05, 3.63) is 54.1 Å². The molecule has 0 aliphatic carbocycles. The molecule has 1 amide bonds. The largest absolute Gasteiger partial charge is 0.495 e. The summed E-state index contributed by atoms with van der Waals surface area (Å²) in [5.41, 5.74) is 1.35. The second-order valence-corrected chi connectivity index (χ2v) is 9.07. The maximum atomic E-state index is 13.0. The van der Waals surface area contributed by atoms with Crippen molar-refractivity contribution in [1.82, 2.24) is 9.62 Å². The Bertz CT molecular complexity index is 961. The SMILES string of the molecule is COc1ccc(C(=O)N2CCC(Nc3ccccc3)C2)cc1S(=O)(=O)NC(C)C. The van der Waals surface area contributed by atoms with Crippen molar-refractivity contribution in [2.24, 2.45) is 0 Å². The third-order valence-corrected chi connectivity index (χ3v) is 6.39. The van der Waals surface area contributed by atoms with Crippen LogP contribution in [0, 0.1) is 0 Å². The average molecular weight is 418 g/mol. The van der Waals surface area contributed by atoms with E-state index in [1.54, 1.807) is 24.8 Å². The van der Waals surface area contributed by atoms with Gasteiger partial charge in [-0.2, -0.15) is 0 Å². The van der Waals surface area contributed by atoms with E-state index in [0.717, 1.165) is 12.1 Å². The Morgan fingerprint density at radius 2 is 1.90 bits per heavy atom. The molecular weight excluding hydrogens is 390 g/mol. The molecule has 1 atom stereocenters. The molecule has 0 bridgehead atoms. The molecule has 8 heteroatoms. The molecule has 1 unspecified atom stereocenters. The van der Waals surface area contributed by atoms with Gasteiger partial charge in [0.1, 0.15) is 10.6 Å². The van der Waals surface area contributed by atoms with Crippen LogP contribution in [0.2, 0.25) is 0 Å². The Hall–Kier alpha value is -2.58. The number of carbonyl (C=O) groups excluding carboxylic acids is 1. The van der Waals surface area contributed by atoms with Crippen LogP contribution in [-0.4, -0.2) is 51.5 Å². The highest BCUT2D eigenvalue weighted by Crippen LogP contribution is 2.26. The van der Waals surface area contributed by atoms with Gasteiger partial charge in [-0.1, -0.05) is 18.2 Å². The van der Waals surface area contributed by atoms with Gasteiger partial charge >= 0.3 is 0 Å². The Morgan fingerprint density at radius 1 is 1.17 bits per heavy atom. The van der Waals surface area contributed by atoms with Gasteiger partial charge in [0.05, 0.1) is 7.11 Å². The van der Waals surface area contributed by atoms with Crippen LogP contribution in [0.5, 0.6) is 5.75 Å². The lowest BCUT2D eigenvalue weighted by Gasteiger charge is -2.19. The van der Waals surface area contributed by atoms with Gasteiger partial charge in [0.2, 0.25) is 10.0 Å². The maximum absolute atomic E-state index is 13.0. The van der Waals surface area contributed by atoms with Crippen molar-refractivity contribution < 1.29 is 17.9 Å². The quantitative estimate of drug-likeness (QED) is 0.723. The third kappa shape index (κ3) is 5.07. The minimum absolute atomic E-state index is 0.0299. The molecule has 0 spiro atoms. The maximum Gasteiger partial charge on any atom is 0.253 e. The van der Waals surface area contributed by atoms with E-state index in [0.29, 0.717) is 18.7 Å². The number of carbonyl (C=O) groups is 1. The molecule has 1 saturated heterocycles. The van der Waals surface area contributed by atoms with Crippen LogP contribution in [0.4, 0.5) is 5.69 Å². The average Bonchev–Trinajstić information content (AvgIpc) is 3.15. The zero-order valence-electron chi connectivity index (χ0n) is 16.9. The number of nitrogens with zero attached hydrogens (tertiary/aromatic N) is 1. The molecule has 0 radical (unpaired) electrons. The minimum atomic E-state index is -3.79. The highest BCUT2D eigenvalue weighted by Gasteiger charge is 2.29. The van der Waals surface area contributed by atoms with Crippen LogP contribution in [0.25, 0.3) is 0 Å². The normalized spacial score (nSPS) is 16.8. The predicted octanol–water partition coefficient (Wildman–Crippen LogP) is 2.71. The Labute approximate surface area is 172 Å². The molecule has 156 valence electrons. The number of amides is 1. The number of ether oxygens (including phenoxy) is 1. The van der Waals surface area contributed by atoms with Crippen molar-refractivity contribution >= 4 is 21.6 Å². The van der Waals surface area contributed by atoms with Crippen LogP contribution in [0.15, 0.2) is 53.4 Å². The first-order valence-corrected chi connectivity index (χ1v) is 11.1.